The van der Waals surface area contributed by atoms with Crippen LogP contribution in [0, 0.1) is 11.3 Å². The highest BCUT2D eigenvalue weighted by Gasteiger charge is 2.27. The molecule has 0 saturated heterocycles. The lowest BCUT2D eigenvalue weighted by molar-refractivity contribution is 0.102. The highest BCUT2D eigenvalue weighted by atomic mass is 35.5. The summed E-state index contributed by atoms with van der Waals surface area (Å²) >= 11 is 7.23. The molecule has 0 bridgehead atoms. The number of thioether (sulfide) groups is 1. The summed E-state index contributed by atoms with van der Waals surface area (Å²) in [5.41, 5.74) is 4.53. The number of likely N-dealkylation sites (N-methyl/N-ethyl adjacent to an activating group) is 1. The number of Topliss-reactive ketones (excluding diaryl/α,β-unsaturated/α-hetero) is 1. The first-order chi connectivity index (χ1) is 16.5. The second-order valence-electron chi connectivity index (χ2n) is 7.95. The summed E-state index contributed by atoms with van der Waals surface area (Å²) in [7, 11) is 5.23. The summed E-state index contributed by atoms with van der Waals surface area (Å²) in [6.07, 6.45) is 0.759. The fraction of sp³-hybridized carbons (Fsp3) is 0.269. The molecule has 0 spiro atoms. The lowest BCUT2D eigenvalue weighted by Gasteiger charge is -2.28. The van der Waals surface area contributed by atoms with Crippen LogP contribution in [-0.4, -0.2) is 49.2 Å². The standard InChI is InChI=1S/C26H24ClN3O3S/c1-30-12-11-21-20(14-30)24(18-5-4-6-23(32-2)25(18)33-3)19(13-28)26(29-21)34-15-22(31)16-7-9-17(27)10-8-16/h4-10H,11-12,14-15H2,1-3H3. The number of carbonyl (C=O) groups excluding carboxylic acids is 1. The molecule has 1 aliphatic rings. The minimum atomic E-state index is -0.0506. The molecule has 0 fully saturated rings. The maximum absolute atomic E-state index is 12.8. The van der Waals surface area contributed by atoms with Crippen LogP contribution in [0.2, 0.25) is 5.02 Å². The molecule has 0 unspecified atom stereocenters. The zero-order valence-corrected chi connectivity index (χ0v) is 20.8. The number of para-hydroxylation sites is 1. The van der Waals surface area contributed by atoms with E-state index in [-0.39, 0.29) is 11.5 Å². The van der Waals surface area contributed by atoms with Crippen molar-refractivity contribution in [1.82, 2.24) is 9.88 Å². The molecule has 4 rings (SSSR count). The lowest BCUT2D eigenvalue weighted by atomic mass is 9.91. The molecule has 0 amide bonds. The van der Waals surface area contributed by atoms with Gasteiger partial charge in [-0.15, -0.1) is 0 Å². The Balaban J connectivity index is 1.81. The molecular formula is C26H24ClN3O3S. The van der Waals surface area contributed by atoms with Gasteiger partial charge in [0.1, 0.15) is 11.1 Å². The van der Waals surface area contributed by atoms with Gasteiger partial charge >= 0.3 is 0 Å². The summed E-state index contributed by atoms with van der Waals surface area (Å²) in [5.74, 6) is 1.27. The van der Waals surface area contributed by atoms with Crippen molar-refractivity contribution in [3.05, 3.63) is 69.9 Å². The number of halogens is 1. The molecule has 3 aromatic rings. The summed E-state index contributed by atoms with van der Waals surface area (Å²) in [6.45, 7) is 1.54. The number of rotatable bonds is 7. The zero-order valence-electron chi connectivity index (χ0n) is 19.2. The first kappa shape index (κ1) is 24.1. The van der Waals surface area contributed by atoms with Crippen molar-refractivity contribution in [1.29, 1.82) is 5.26 Å². The van der Waals surface area contributed by atoms with Crippen LogP contribution in [0.4, 0.5) is 0 Å². The molecule has 34 heavy (non-hydrogen) atoms. The Morgan fingerprint density at radius 3 is 2.65 bits per heavy atom. The number of ether oxygens (including phenoxy) is 2. The van der Waals surface area contributed by atoms with Gasteiger partial charge < -0.3 is 14.4 Å². The van der Waals surface area contributed by atoms with Crippen LogP contribution in [0.3, 0.4) is 0 Å². The number of fused-ring (bicyclic) bond motifs is 1. The third-order valence-electron chi connectivity index (χ3n) is 5.80. The summed E-state index contributed by atoms with van der Waals surface area (Å²) in [4.78, 5) is 19.8. The molecule has 6 nitrogen and oxygen atoms in total. The molecule has 0 N–H and O–H groups in total. The Morgan fingerprint density at radius 2 is 1.97 bits per heavy atom. The minimum absolute atomic E-state index is 0.0506. The van der Waals surface area contributed by atoms with Gasteiger partial charge in [0.05, 0.1) is 25.5 Å². The van der Waals surface area contributed by atoms with E-state index in [0.717, 1.165) is 35.3 Å². The Morgan fingerprint density at radius 1 is 1.21 bits per heavy atom. The van der Waals surface area contributed by atoms with Gasteiger partial charge in [-0.2, -0.15) is 5.26 Å². The Labute approximate surface area is 208 Å². The van der Waals surface area contributed by atoms with Crippen molar-refractivity contribution in [3.8, 4) is 28.7 Å². The van der Waals surface area contributed by atoms with E-state index in [4.69, 9.17) is 26.1 Å². The molecule has 0 aliphatic carbocycles. The number of carbonyl (C=O) groups is 1. The number of hydrogen-bond donors (Lipinski definition) is 0. The molecular weight excluding hydrogens is 470 g/mol. The highest BCUT2D eigenvalue weighted by Crippen LogP contribution is 2.44. The molecule has 0 saturated carbocycles. The van der Waals surface area contributed by atoms with Crippen LogP contribution in [0.5, 0.6) is 11.5 Å². The summed E-state index contributed by atoms with van der Waals surface area (Å²) in [6, 6.07) is 14.8. The van der Waals surface area contributed by atoms with Gasteiger partial charge in [-0.3, -0.25) is 4.79 Å². The molecule has 8 heteroatoms. The minimum Gasteiger partial charge on any atom is -0.493 e. The van der Waals surface area contributed by atoms with Crippen LogP contribution in [0.15, 0.2) is 47.5 Å². The van der Waals surface area contributed by atoms with Crippen molar-refractivity contribution < 1.29 is 14.3 Å². The number of aromatic nitrogens is 1. The van der Waals surface area contributed by atoms with E-state index in [9.17, 15) is 10.1 Å². The Bertz CT molecular complexity index is 1270. The van der Waals surface area contributed by atoms with Gasteiger partial charge in [0, 0.05) is 46.9 Å². The van der Waals surface area contributed by atoms with Gasteiger partial charge in [-0.1, -0.05) is 35.5 Å². The molecule has 0 radical (unpaired) electrons. The predicted octanol–water partition coefficient (Wildman–Crippen LogP) is 5.25. The summed E-state index contributed by atoms with van der Waals surface area (Å²) in [5, 5.41) is 11.4. The number of hydrogen-bond acceptors (Lipinski definition) is 7. The maximum Gasteiger partial charge on any atom is 0.173 e. The normalized spacial score (nSPS) is 13.1. The van der Waals surface area contributed by atoms with Crippen molar-refractivity contribution >= 4 is 29.1 Å². The average Bonchev–Trinajstić information content (AvgIpc) is 2.86. The van der Waals surface area contributed by atoms with Crippen molar-refractivity contribution in [2.24, 2.45) is 0 Å². The molecule has 2 heterocycles. The fourth-order valence-electron chi connectivity index (χ4n) is 4.11. The lowest BCUT2D eigenvalue weighted by Crippen LogP contribution is -2.28. The largest absolute Gasteiger partial charge is 0.493 e. The first-order valence-electron chi connectivity index (χ1n) is 10.7. The second-order valence-corrected chi connectivity index (χ2v) is 9.35. The van der Waals surface area contributed by atoms with Crippen LogP contribution in [0.1, 0.15) is 27.2 Å². The van der Waals surface area contributed by atoms with Gasteiger partial charge in [0.2, 0.25) is 0 Å². The van der Waals surface area contributed by atoms with E-state index in [1.165, 1.54) is 11.8 Å². The van der Waals surface area contributed by atoms with E-state index >= 15 is 0 Å². The number of benzene rings is 2. The van der Waals surface area contributed by atoms with Crippen LogP contribution in [-0.2, 0) is 13.0 Å². The molecule has 174 valence electrons. The molecule has 1 aliphatic heterocycles. The zero-order chi connectivity index (χ0) is 24.2. The van der Waals surface area contributed by atoms with Crippen molar-refractivity contribution in [2.75, 3.05) is 33.6 Å². The monoisotopic (exact) mass is 493 g/mol. The SMILES string of the molecule is COc1cccc(-c2c(C#N)c(SCC(=O)c3ccc(Cl)cc3)nc3c2CN(C)CC3)c1OC. The van der Waals surface area contributed by atoms with E-state index < -0.39 is 0 Å². The van der Waals surface area contributed by atoms with E-state index in [0.29, 0.717) is 39.2 Å². The second kappa shape index (κ2) is 10.5. The van der Waals surface area contributed by atoms with Gasteiger partial charge in [-0.25, -0.2) is 4.98 Å². The van der Waals surface area contributed by atoms with Gasteiger partial charge in [-0.05, 0) is 42.9 Å². The smallest absolute Gasteiger partial charge is 0.173 e. The summed E-state index contributed by atoms with van der Waals surface area (Å²) < 4.78 is 11.2. The maximum atomic E-state index is 12.8. The topological polar surface area (TPSA) is 75.5 Å². The first-order valence-corrected chi connectivity index (χ1v) is 12.1. The molecule has 0 atom stereocenters. The van der Waals surface area contributed by atoms with Crippen molar-refractivity contribution in [3.63, 3.8) is 0 Å². The molecule has 2 aromatic carbocycles. The number of pyridine rings is 1. The fourth-order valence-corrected chi connectivity index (χ4v) is 5.14. The molecule has 1 aromatic heterocycles. The number of nitrogens with zero attached hydrogens (tertiary/aromatic N) is 3. The number of ketones is 1. The third-order valence-corrected chi connectivity index (χ3v) is 7.03. The van der Waals surface area contributed by atoms with E-state index in [1.807, 2.05) is 18.2 Å². The third kappa shape index (κ3) is 4.76. The van der Waals surface area contributed by atoms with Crippen molar-refractivity contribution in [2.45, 2.75) is 18.0 Å². The van der Waals surface area contributed by atoms with E-state index in [2.05, 4.69) is 18.0 Å². The predicted molar refractivity (Wildman–Crippen MR) is 134 cm³/mol. The Hall–Kier alpha value is -3.05. The average molecular weight is 494 g/mol. The Kier molecular flexibility index (Phi) is 7.42. The highest BCUT2D eigenvalue weighted by molar-refractivity contribution is 8.00. The van der Waals surface area contributed by atoms with E-state index in [1.54, 1.807) is 38.5 Å². The van der Waals surface area contributed by atoms with Gasteiger partial charge in [0.15, 0.2) is 17.3 Å². The van der Waals surface area contributed by atoms with Gasteiger partial charge in [0.25, 0.3) is 0 Å². The number of nitriles is 1. The number of methoxy groups -OCH3 is 2. The van der Waals surface area contributed by atoms with Crippen LogP contribution in [0.25, 0.3) is 11.1 Å². The van der Waals surface area contributed by atoms with Crippen LogP contribution >= 0.6 is 23.4 Å². The quantitative estimate of drug-likeness (QED) is 0.328. The van der Waals surface area contributed by atoms with Crippen LogP contribution < -0.4 is 9.47 Å².